The molecule has 0 spiro atoms. The van der Waals surface area contributed by atoms with Gasteiger partial charge in [0.15, 0.2) is 0 Å². The first-order valence-corrected chi connectivity index (χ1v) is 7.73. The quantitative estimate of drug-likeness (QED) is 0.938. The summed E-state index contributed by atoms with van der Waals surface area (Å²) < 4.78 is 7.40. The molecule has 1 saturated heterocycles. The number of nitrogen functional groups attached to an aromatic ring is 1. The van der Waals surface area contributed by atoms with E-state index in [9.17, 15) is 0 Å². The van der Waals surface area contributed by atoms with Crippen LogP contribution in [0.5, 0.6) is 5.75 Å². The standard InChI is InChI=1S/C16H24N4O/c1-3-19-8-6-12(7-9-19)11-20-15-5-4-13(21-2)10-14(15)18-16(20)17/h4-5,10,12H,3,6-9,11H2,1-2H3,(H2,17,18). The lowest BCUT2D eigenvalue weighted by Crippen LogP contribution is -2.34. The molecule has 1 aromatic carbocycles. The third-order valence-corrected chi connectivity index (χ3v) is 4.58. The molecule has 0 amide bonds. The average Bonchev–Trinajstić information content (AvgIpc) is 2.83. The number of methoxy groups -OCH3 is 1. The maximum absolute atomic E-state index is 6.12. The van der Waals surface area contributed by atoms with Gasteiger partial charge in [-0.1, -0.05) is 6.92 Å². The van der Waals surface area contributed by atoms with Crippen LogP contribution in [0.3, 0.4) is 0 Å². The number of nitrogens with zero attached hydrogens (tertiary/aromatic N) is 3. The first-order chi connectivity index (χ1) is 10.2. The van der Waals surface area contributed by atoms with Gasteiger partial charge in [0.25, 0.3) is 0 Å². The number of imidazole rings is 1. The number of rotatable bonds is 4. The summed E-state index contributed by atoms with van der Waals surface area (Å²) in [7, 11) is 1.67. The molecule has 0 aliphatic carbocycles. The second-order valence-electron chi connectivity index (χ2n) is 5.81. The lowest BCUT2D eigenvalue weighted by molar-refractivity contribution is 0.182. The molecule has 114 valence electrons. The van der Waals surface area contributed by atoms with E-state index in [1.165, 1.54) is 25.9 Å². The number of anilines is 1. The lowest BCUT2D eigenvalue weighted by atomic mass is 9.96. The Morgan fingerprint density at radius 1 is 1.33 bits per heavy atom. The zero-order chi connectivity index (χ0) is 14.8. The van der Waals surface area contributed by atoms with Crippen molar-refractivity contribution in [2.75, 3.05) is 32.5 Å². The van der Waals surface area contributed by atoms with E-state index in [4.69, 9.17) is 10.5 Å². The van der Waals surface area contributed by atoms with Gasteiger partial charge >= 0.3 is 0 Å². The average molecular weight is 288 g/mol. The highest BCUT2D eigenvalue weighted by molar-refractivity contribution is 5.79. The minimum atomic E-state index is 0.608. The van der Waals surface area contributed by atoms with Crippen LogP contribution in [0.1, 0.15) is 19.8 Å². The van der Waals surface area contributed by atoms with Gasteiger partial charge in [0.1, 0.15) is 5.75 Å². The van der Waals surface area contributed by atoms with E-state index in [1.54, 1.807) is 7.11 Å². The highest BCUT2D eigenvalue weighted by atomic mass is 16.5. The Bertz CT molecular complexity index is 614. The van der Waals surface area contributed by atoms with Crippen LogP contribution in [0.15, 0.2) is 18.2 Å². The normalized spacial score (nSPS) is 17.4. The second kappa shape index (κ2) is 5.93. The molecule has 5 nitrogen and oxygen atoms in total. The minimum absolute atomic E-state index is 0.608. The molecule has 2 aromatic rings. The van der Waals surface area contributed by atoms with Crippen molar-refractivity contribution >= 4 is 17.0 Å². The molecule has 3 rings (SSSR count). The first kappa shape index (κ1) is 14.2. The number of ether oxygens (including phenoxy) is 1. The van der Waals surface area contributed by atoms with E-state index < -0.39 is 0 Å². The fourth-order valence-corrected chi connectivity index (χ4v) is 3.19. The molecule has 0 unspecified atom stereocenters. The highest BCUT2D eigenvalue weighted by Gasteiger charge is 2.20. The third kappa shape index (κ3) is 2.83. The van der Waals surface area contributed by atoms with Crippen LogP contribution in [0.25, 0.3) is 11.0 Å². The van der Waals surface area contributed by atoms with Crippen LogP contribution < -0.4 is 10.5 Å². The van der Waals surface area contributed by atoms with Gasteiger partial charge in [-0.15, -0.1) is 0 Å². The number of hydrogen-bond donors (Lipinski definition) is 1. The van der Waals surface area contributed by atoms with Crippen LogP contribution in [0.2, 0.25) is 0 Å². The van der Waals surface area contributed by atoms with E-state index in [-0.39, 0.29) is 0 Å². The number of piperidine rings is 1. The van der Waals surface area contributed by atoms with E-state index >= 15 is 0 Å². The second-order valence-corrected chi connectivity index (χ2v) is 5.81. The Labute approximate surface area is 125 Å². The summed E-state index contributed by atoms with van der Waals surface area (Å²) in [6, 6.07) is 5.97. The van der Waals surface area contributed by atoms with Gasteiger partial charge in [-0.2, -0.15) is 0 Å². The number of likely N-dealkylation sites (tertiary alicyclic amines) is 1. The molecule has 1 aliphatic rings. The predicted octanol–water partition coefficient (Wildman–Crippen LogP) is 2.36. The van der Waals surface area contributed by atoms with E-state index in [0.29, 0.717) is 11.9 Å². The summed E-state index contributed by atoms with van der Waals surface area (Å²) in [4.78, 5) is 6.98. The summed E-state index contributed by atoms with van der Waals surface area (Å²) >= 11 is 0. The molecule has 1 aromatic heterocycles. The molecule has 0 bridgehead atoms. The smallest absolute Gasteiger partial charge is 0.201 e. The van der Waals surface area contributed by atoms with Crippen molar-refractivity contribution in [3.63, 3.8) is 0 Å². The van der Waals surface area contributed by atoms with Gasteiger partial charge in [0.05, 0.1) is 18.1 Å². The highest BCUT2D eigenvalue weighted by Crippen LogP contribution is 2.26. The zero-order valence-electron chi connectivity index (χ0n) is 12.9. The molecule has 1 aliphatic heterocycles. The largest absolute Gasteiger partial charge is 0.497 e. The minimum Gasteiger partial charge on any atom is -0.497 e. The molecule has 2 N–H and O–H groups in total. The Balaban J connectivity index is 1.79. The number of hydrogen-bond acceptors (Lipinski definition) is 4. The summed E-state index contributed by atoms with van der Waals surface area (Å²) in [6.45, 7) is 6.74. The fourth-order valence-electron chi connectivity index (χ4n) is 3.19. The van der Waals surface area contributed by atoms with Gasteiger partial charge < -0.3 is 19.9 Å². The van der Waals surface area contributed by atoms with Crippen molar-refractivity contribution < 1.29 is 4.74 Å². The van der Waals surface area contributed by atoms with Crippen LogP contribution in [0.4, 0.5) is 5.95 Å². The molecule has 0 radical (unpaired) electrons. The van der Waals surface area contributed by atoms with Crippen molar-refractivity contribution in [3.05, 3.63) is 18.2 Å². The van der Waals surface area contributed by atoms with Gasteiger partial charge in [-0.3, -0.25) is 0 Å². The summed E-state index contributed by atoms with van der Waals surface area (Å²) in [5.41, 5.74) is 8.13. The predicted molar refractivity (Wildman–Crippen MR) is 85.5 cm³/mol. The Morgan fingerprint density at radius 2 is 2.10 bits per heavy atom. The van der Waals surface area contributed by atoms with Crippen molar-refractivity contribution in [1.29, 1.82) is 0 Å². The topological polar surface area (TPSA) is 56.3 Å². The Kier molecular flexibility index (Phi) is 4.01. The van der Waals surface area contributed by atoms with Crippen molar-refractivity contribution in [1.82, 2.24) is 14.5 Å². The molecule has 2 heterocycles. The van der Waals surface area contributed by atoms with E-state index in [2.05, 4.69) is 27.4 Å². The van der Waals surface area contributed by atoms with Crippen molar-refractivity contribution in [2.24, 2.45) is 5.92 Å². The van der Waals surface area contributed by atoms with Crippen molar-refractivity contribution in [2.45, 2.75) is 26.3 Å². The van der Waals surface area contributed by atoms with E-state index in [0.717, 1.165) is 29.9 Å². The maximum atomic E-state index is 6.12. The Morgan fingerprint density at radius 3 is 2.76 bits per heavy atom. The summed E-state index contributed by atoms with van der Waals surface area (Å²) in [6.07, 6.45) is 2.48. The molecule has 5 heteroatoms. The molecular formula is C16H24N4O. The summed E-state index contributed by atoms with van der Waals surface area (Å²) in [5, 5.41) is 0. The van der Waals surface area contributed by atoms with E-state index in [1.807, 2.05) is 12.1 Å². The van der Waals surface area contributed by atoms with Gasteiger partial charge in [0.2, 0.25) is 5.95 Å². The van der Waals surface area contributed by atoms with Crippen LogP contribution >= 0.6 is 0 Å². The zero-order valence-corrected chi connectivity index (χ0v) is 12.9. The molecule has 0 saturated carbocycles. The fraction of sp³-hybridized carbons (Fsp3) is 0.562. The third-order valence-electron chi connectivity index (χ3n) is 4.58. The molecule has 1 fully saturated rings. The summed E-state index contributed by atoms with van der Waals surface area (Å²) in [5.74, 6) is 2.12. The lowest BCUT2D eigenvalue weighted by Gasteiger charge is -2.31. The van der Waals surface area contributed by atoms with Crippen LogP contribution in [-0.2, 0) is 6.54 Å². The first-order valence-electron chi connectivity index (χ1n) is 7.73. The maximum Gasteiger partial charge on any atom is 0.201 e. The number of aromatic nitrogens is 2. The van der Waals surface area contributed by atoms with Gasteiger partial charge in [0, 0.05) is 12.6 Å². The molecule has 21 heavy (non-hydrogen) atoms. The molecule has 0 atom stereocenters. The van der Waals surface area contributed by atoms with Crippen molar-refractivity contribution in [3.8, 4) is 5.75 Å². The van der Waals surface area contributed by atoms with Crippen LogP contribution in [0, 0.1) is 5.92 Å². The number of nitrogens with two attached hydrogens (primary N) is 1. The van der Waals surface area contributed by atoms with Gasteiger partial charge in [-0.05, 0) is 50.5 Å². The molecular weight excluding hydrogens is 264 g/mol. The van der Waals surface area contributed by atoms with Crippen LogP contribution in [-0.4, -0.2) is 41.2 Å². The number of benzene rings is 1. The number of fused-ring (bicyclic) bond motifs is 1. The van der Waals surface area contributed by atoms with Gasteiger partial charge in [-0.25, -0.2) is 4.98 Å². The SMILES string of the molecule is CCN1CCC(Cn2c(N)nc3cc(OC)ccc32)CC1. The Hall–Kier alpha value is -1.75. The monoisotopic (exact) mass is 288 g/mol.